The van der Waals surface area contributed by atoms with Crippen LogP contribution in [0, 0.1) is 0 Å². The molecule has 4 aliphatic rings. The largest absolute Gasteiger partial charge is 0.393 e. The van der Waals surface area contributed by atoms with Crippen molar-refractivity contribution in [3.05, 3.63) is 23.7 Å². The van der Waals surface area contributed by atoms with Gasteiger partial charge in [-0.25, -0.2) is 13.8 Å². The zero-order valence-corrected chi connectivity index (χ0v) is 16.2. The van der Waals surface area contributed by atoms with Crippen LogP contribution in [-0.4, -0.2) is 49.2 Å². The summed E-state index contributed by atoms with van der Waals surface area (Å²) < 4.78 is 27.0. The number of aromatic nitrogens is 4. The maximum atomic E-state index is 13.5. The summed E-state index contributed by atoms with van der Waals surface area (Å²) in [5.41, 5.74) is 1.07. The van der Waals surface area contributed by atoms with Crippen molar-refractivity contribution < 1.29 is 18.7 Å². The fourth-order valence-corrected chi connectivity index (χ4v) is 5.02. The molecule has 30 heavy (non-hydrogen) atoms. The number of anilines is 3. The molecule has 3 saturated carbocycles. The van der Waals surface area contributed by atoms with E-state index < -0.39 is 23.4 Å². The van der Waals surface area contributed by atoms with Gasteiger partial charge in [0, 0.05) is 24.2 Å². The maximum absolute atomic E-state index is 13.5. The number of aromatic amines is 1. The number of hydrogen-bond acceptors (Lipinski definition) is 6. The van der Waals surface area contributed by atoms with E-state index in [9.17, 15) is 18.7 Å². The Morgan fingerprint density at radius 1 is 1.27 bits per heavy atom. The molecule has 3 heterocycles. The molecule has 10 heteroatoms. The van der Waals surface area contributed by atoms with Crippen LogP contribution in [0.2, 0.25) is 0 Å². The van der Waals surface area contributed by atoms with Crippen molar-refractivity contribution in [1.82, 2.24) is 20.2 Å². The lowest BCUT2D eigenvalue weighted by Crippen LogP contribution is -2.44. The van der Waals surface area contributed by atoms with E-state index in [0.29, 0.717) is 23.6 Å². The highest BCUT2D eigenvalue weighted by Gasteiger charge is 2.62. The van der Waals surface area contributed by atoms with Gasteiger partial charge in [-0.3, -0.25) is 14.8 Å². The van der Waals surface area contributed by atoms with Crippen molar-refractivity contribution >= 4 is 23.4 Å². The number of nitrogens with one attached hydrogen (secondary N) is 2. The number of rotatable bonds is 4. The quantitative estimate of drug-likeness (QED) is 0.708. The molecule has 3 N–H and O–H groups in total. The first-order valence-corrected chi connectivity index (χ1v) is 10.5. The minimum absolute atomic E-state index is 0.0460. The number of nitrogens with zero attached hydrogens (tertiary/aromatic N) is 4. The molecule has 3 atom stereocenters. The summed E-state index contributed by atoms with van der Waals surface area (Å²) in [4.78, 5) is 24.0. The van der Waals surface area contributed by atoms with Crippen molar-refractivity contribution in [2.75, 3.05) is 10.2 Å². The van der Waals surface area contributed by atoms with Gasteiger partial charge >= 0.3 is 0 Å². The second-order valence-electron chi connectivity index (χ2n) is 9.00. The van der Waals surface area contributed by atoms with E-state index >= 15 is 0 Å². The summed E-state index contributed by atoms with van der Waals surface area (Å²) in [7, 11) is 0. The lowest BCUT2D eigenvalue weighted by Gasteiger charge is -2.33. The summed E-state index contributed by atoms with van der Waals surface area (Å²) in [5.74, 6) is -2.73. The maximum Gasteiger partial charge on any atom is 0.257 e. The molecule has 0 aromatic carbocycles. The minimum Gasteiger partial charge on any atom is -0.393 e. The zero-order valence-electron chi connectivity index (χ0n) is 16.2. The van der Waals surface area contributed by atoms with Gasteiger partial charge < -0.3 is 10.4 Å². The number of H-pyrrole nitrogens is 1. The molecule has 158 valence electrons. The monoisotopic (exact) mass is 416 g/mol. The molecule has 3 aliphatic carbocycles. The number of aliphatic hydroxyl groups excluding tert-OH is 1. The van der Waals surface area contributed by atoms with Crippen LogP contribution in [0.15, 0.2) is 12.4 Å². The van der Waals surface area contributed by atoms with Gasteiger partial charge in [0.05, 0.1) is 35.0 Å². The second-order valence-corrected chi connectivity index (χ2v) is 9.00. The van der Waals surface area contributed by atoms with Gasteiger partial charge in [0.25, 0.3) is 5.92 Å². The Morgan fingerprint density at radius 2 is 2.07 bits per heavy atom. The smallest absolute Gasteiger partial charge is 0.257 e. The Balaban J connectivity index is 1.33. The summed E-state index contributed by atoms with van der Waals surface area (Å²) >= 11 is 0. The molecule has 6 rings (SSSR count). The Morgan fingerprint density at radius 3 is 2.77 bits per heavy atom. The zero-order chi connectivity index (χ0) is 20.7. The van der Waals surface area contributed by atoms with E-state index in [4.69, 9.17) is 0 Å². The van der Waals surface area contributed by atoms with Crippen LogP contribution in [-0.2, 0) is 10.2 Å². The molecule has 0 radical (unpaired) electrons. The second kappa shape index (κ2) is 5.96. The highest BCUT2D eigenvalue weighted by molar-refractivity contribution is 6.09. The summed E-state index contributed by atoms with van der Waals surface area (Å²) in [5, 5.41) is 19.7. The van der Waals surface area contributed by atoms with Crippen molar-refractivity contribution in [1.29, 1.82) is 0 Å². The standard InChI is InChI=1S/C20H22F2N6O2/c21-20(22)7-12(20)15-14(9-24-27-15)25-18-23-8-13-16(26-18)28(17(30)19(13)4-5-19)10-2-1-3-11(29)6-10/h8-12,29H,1-7H2,(H,24,27)(H,23,25,26)/t10-,11-,12?/m1/s1. The topological polar surface area (TPSA) is 107 Å². The Bertz CT molecular complexity index is 1040. The predicted octanol–water partition coefficient (Wildman–Crippen LogP) is 2.75. The first kappa shape index (κ1) is 18.2. The summed E-state index contributed by atoms with van der Waals surface area (Å²) in [6, 6.07) is -0.0858. The average Bonchev–Trinajstić information content (AvgIpc) is 3.55. The lowest BCUT2D eigenvalue weighted by molar-refractivity contribution is -0.121. The molecular formula is C20H22F2N6O2. The van der Waals surface area contributed by atoms with Crippen LogP contribution in [0.5, 0.6) is 0 Å². The van der Waals surface area contributed by atoms with Crippen LogP contribution >= 0.6 is 0 Å². The average molecular weight is 416 g/mol. The van der Waals surface area contributed by atoms with E-state index in [2.05, 4.69) is 25.5 Å². The molecule has 1 aliphatic heterocycles. The van der Waals surface area contributed by atoms with Gasteiger partial charge in [0.1, 0.15) is 5.82 Å². The molecule has 2 aromatic rings. The van der Waals surface area contributed by atoms with Crippen molar-refractivity contribution in [3.8, 4) is 0 Å². The highest BCUT2D eigenvalue weighted by atomic mass is 19.3. The molecular weight excluding hydrogens is 394 g/mol. The molecule has 3 fully saturated rings. The Hall–Kier alpha value is -2.62. The van der Waals surface area contributed by atoms with Gasteiger partial charge in [-0.2, -0.15) is 10.1 Å². The first-order valence-electron chi connectivity index (χ1n) is 10.5. The van der Waals surface area contributed by atoms with Gasteiger partial charge in [-0.1, -0.05) is 0 Å². The van der Waals surface area contributed by atoms with Crippen molar-refractivity contribution in [2.45, 2.75) is 74.3 Å². The normalized spacial score (nSPS) is 30.4. The molecule has 1 unspecified atom stereocenters. The van der Waals surface area contributed by atoms with Gasteiger partial charge in [-0.15, -0.1) is 0 Å². The third kappa shape index (κ3) is 2.59. The summed E-state index contributed by atoms with van der Waals surface area (Å²) in [6.07, 6.45) is 7.05. The van der Waals surface area contributed by atoms with Crippen LogP contribution < -0.4 is 10.2 Å². The number of amides is 1. The van der Waals surface area contributed by atoms with Crippen molar-refractivity contribution in [2.24, 2.45) is 0 Å². The highest BCUT2D eigenvalue weighted by Crippen LogP contribution is 2.58. The number of alkyl halides is 2. The molecule has 0 bridgehead atoms. The summed E-state index contributed by atoms with van der Waals surface area (Å²) in [6.45, 7) is 0. The number of halogens is 2. The number of carbonyl (C=O) groups is 1. The molecule has 8 nitrogen and oxygen atoms in total. The lowest BCUT2D eigenvalue weighted by atomic mass is 9.92. The van der Waals surface area contributed by atoms with E-state index in [1.165, 1.54) is 6.20 Å². The number of carbonyl (C=O) groups excluding carboxylic acids is 1. The van der Waals surface area contributed by atoms with E-state index in [0.717, 1.165) is 37.7 Å². The van der Waals surface area contributed by atoms with Crippen LogP contribution in [0.25, 0.3) is 0 Å². The fraction of sp³-hybridized carbons (Fsp3) is 0.600. The van der Waals surface area contributed by atoms with Gasteiger partial charge in [-0.05, 0) is 38.5 Å². The molecule has 2 aromatic heterocycles. The number of fused-ring (bicyclic) bond motifs is 2. The number of hydrogen-bond donors (Lipinski definition) is 3. The third-order valence-corrected chi connectivity index (χ3v) is 6.96. The molecule has 1 spiro atoms. The van der Waals surface area contributed by atoms with Crippen molar-refractivity contribution in [3.63, 3.8) is 0 Å². The number of aliphatic hydroxyl groups is 1. The third-order valence-electron chi connectivity index (χ3n) is 6.96. The van der Waals surface area contributed by atoms with E-state index in [-0.39, 0.29) is 24.3 Å². The minimum atomic E-state index is -2.72. The van der Waals surface area contributed by atoms with Gasteiger partial charge in [0.15, 0.2) is 0 Å². The Kier molecular flexibility index (Phi) is 3.61. The van der Waals surface area contributed by atoms with E-state index in [1.54, 1.807) is 11.1 Å². The fourth-order valence-electron chi connectivity index (χ4n) is 5.02. The van der Waals surface area contributed by atoms with Crippen LogP contribution in [0.3, 0.4) is 0 Å². The van der Waals surface area contributed by atoms with Crippen LogP contribution in [0.4, 0.5) is 26.2 Å². The predicted molar refractivity (Wildman–Crippen MR) is 103 cm³/mol. The van der Waals surface area contributed by atoms with Gasteiger partial charge in [0.2, 0.25) is 11.9 Å². The SMILES string of the molecule is O=C1N([C@@H]2CCC[C@@H](O)C2)c2nc(Nc3cn[nH]c3C3CC3(F)F)ncc2C12CC2. The Labute approximate surface area is 171 Å². The van der Waals surface area contributed by atoms with E-state index in [1.807, 2.05) is 0 Å². The molecule has 1 amide bonds. The van der Waals surface area contributed by atoms with Crippen LogP contribution in [0.1, 0.15) is 62.1 Å². The molecule has 0 saturated heterocycles. The first-order chi connectivity index (χ1) is 14.4.